The van der Waals surface area contributed by atoms with Gasteiger partial charge in [-0.2, -0.15) is 5.26 Å². The molecular formula is C11H12N2. The van der Waals surface area contributed by atoms with Gasteiger partial charge in [0, 0.05) is 6.04 Å². The fraction of sp³-hybridized carbons (Fsp3) is 0.364. The molecule has 0 heterocycles. The molecule has 13 heavy (non-hydrogen) atoms. The van der Waals surface area contributed by atoms with Gasteiger partial charge in [0.25, 0.3) is 0 Å². The van der Waals surface area contributed by atoms with Crippen LogP contribution in [0.3, 0.4) is 0 Å². The van der Waals surface area contributed by atoms with Crippen molar-refractivity contribution >= 4 is 0 Å². The molecule has 0 unspecified atom stereocenters. The molecule has 2 nitrogen and oxygen atoms in total. The lowest BCUT2D eigenvalue weighted by molar-refractivity contribution is 0.576. The molecule has 1 aliphatic carbocycles. The largest absolute Gasteiger partial charge is 0.327 e. The Hall–Kier alpha value is -1.33. The summed E-state index contributed by atoms with van der Waals surface area (Å²) in [6.45, 7) is 0. The van der Waals surface area contributed by atoms with E-state index in [2.05, 4.69) is 12.1 Å². The van der Waals surface area contributed by atoms with E-state index in [1.807, 2.05) is 12.1 Å². The van der Waals surface area contributed by atoms with Crippen LogP contribution in [-0.2, 0) is 12.8 Å². The molecule has 0 saturated heterocycles. The van der Waals surface area contributed by atoms with Gasteiger partial charge < -0.3 is 5.73 Å². The molecule has 2 N–H and O–H groups in total. The van der Waals surface area contributed by atoms with Crippen molar-refractivity contribution in [3.05, 3.63) is 34.9 Å². The molecular weight excluding hydrogens is 160 g/mol. The van der Waals surface area contributed by atoms with E-state index in [1.165, 1.54) is 11.1 Å². The Bertz CT molecular complexity index is 363. The van der Waals surface area contributed by atoms with Crippen LogP contribution in [0.25, 0.3) is 0 Å². The summed E-state index contributed by atoms with van der Waals surface area (Å²) in [7, 11) is 0. The van der Waals surface area contributed by atoms with Crippen LogP contribution in [0, 0.1) is 11.3 Å². The molecule has 0 radical (unpaired) electrons. The second kappa shape index (κ2) is 3.20. The van der Waals surface area contributed by atoms with E-state index in [0.29, 0.717) is 0 Å². The first-order valence-electron chi connectivity index (χ1n) is 4.57. The summed E-state index contributed by atoms with van der Waals surface area (Å²) in [5.74, 6) is 0. The van der Waals surface area contributed by atoms with E-state index < -0.39 is 0 Å². The quantitative estimate of drug-likeness (QED) is 0.642. The van der Waals surface area contributed by atoms with Crippen molar-refractivity contribution in [1.29, 1.82) is 5.26 Å². The minimum Gasteiger partial charge on any atom is -0.327 e. The lowest BCUT2D eigenvalue weighted by Gasteiger charge is -2.21. The highest BCUT2D eigenvalue weighted by Crippen LogP contribution is 2.23. The van der Waals surface area contributed by atoms with Crippen molar-refractivity contribution in [1.82, 2.24) is 0 Å². The molecule has 0 spiro atoms. The maximum Gasteiger partial charge on any atom is 0.0994 e. The maximum absolute atomic E-state index is 8.88. The molecule has 1 aromatic carbocycles. The molecule has 1 aliphatic rings. The topological polar surface area (TPSA) is 49.8 Å². The van der Waals surface area contributed by atoms with Crippen LogP contribution in [0.15, 0.2) is 18.2 Å². The number of nitriles is 1. The van der Waals surface area contributed by atoms with Crippen molar-refractivity contribution < 1.29 is 0 Å². The van der Waals surface area contributed by atoms with Gasteiger partial charge in [-0.15, -0.1) is 0 Å². The van der Waals surface area contributed by atoms with E-state index in [1.54, 1.807) is 0 Å². The van der Waals surface area contributed by atoms with Crippen LogP contribution >= 0.6 is 0 Å². The molecule has 2 rings (SSSR count). The summed E-state index contributed by atoms with van der Waals surface area (Å²) in [5, 5.41) is 8.88. The van der Waals surface area contributed by atoms with Gasteiger partial charge in [-0.1, -0.05) is 12.1 Å². The lowest BCUT2D eigenvalue weighted by atomic mass is 9.86. The average molecular weight is 172 g/mol. The first-order chi connectivity index (χ1) is 6.31. The first kappa shape index (κ1) is 8.28. The Morgan fingerprint density at radius 1 is 1.46 bits per heavy atom. The summed E-state index contributed by atoms with van der Waals surface area (Å²) in [5.41, 5.74) is 9.16. The van der Waals surface area contributed by atoms with Crippen LogP contribution in [0.4, 0.5) is 0 Å². The summed E-state index contributed by atoms with van der Waals surface area (Å²) < 4.78 is 0. The standard InChI is InChI=1S/C11H12N2/c12-7-9-3-1-2-8-6-10(13)4-5-11(8)9/h1-3,10H,4-6,13H2/t10-/m0/s1. The van der Waals surface area contributed by atoms with E-state index in [-0.39, 0.29) is 6.04 Å². The Morgan fingerprint density at radius 2 is 2.31 bits per heavy atom. The van der Waals surface area contributed by atoms with E-state index in [0.717, 1.165) is 24.8 Å². The van der Waals surface area contributed by atoms with Crippen molar-refractivity contribution in [2.24, 2.45) is 5.73 Å². The molecule has 0 amide bonds. The van der Waals surface area contributed by atoms with Gasteiger partial charge in [0.1, 0.15) is 0 Å². The average Bonchev–Trinajstić information content (AvgIpc) is 2.16. The fourth-order valence-corrected chi connectivity index (χ4v) is 1.94. The van der Waals surface area contributed by atoms with E-state index in [4.69, 9.17) is 11.0 Å². The van der Waals surface area contributed by atoms with Crippen molar-refractivity contribution in [3.63, 3.8) is 0 Å². The zero-order valence-electron chi connectivity index (χ0n) is 7.46. The van der Waals surface area contributed by atoms with Crippen LogP contribution in [0.1, 0.15) is 23.1 Å². The number of nitrogens with two attached hydrogens (primary N) is 1. The molecule has 0 aliphatic heterocycles. The maximum atomic E-state index is 8.88. The van der Waals surface area contributed by atoms with E-state index in [9.17, 15) is 0 Å². The van der Waals surface area contributed by atoms with E-state index >= 15 is 0 Å². The Labute approximate surface area is 78.0 Å². The summed E-state index contributed by atoms with van der Waals surface area (Å²) in [4.78, 5) is 0. The van der Waals surface area contributed by atoms with Gasteiger partial charge in [-0.05, 0) is 36.5 Å². The van der Waals surface area contributed by atoms with Crippen LogP contribution in [0.2, 0.25) is 0 Å². The predicted octanol–water partition coefficient (Wildman–Crippen LogP) is 1.37. The minimum atomic E-state index is 0.279. The first-order valence-corrected chi connectivity index (χ1v) is 4.57. The number of hydrogen-bond donors (Lipinski definition) is 1. The third-order valence-corrected chi connectivity index (χ3v) is 2.64. The summed E-state index contributed by atoms with van der Waals surface area (Å²) >= 11 is 0. The Kier molecular flexibility index (Phi) is 2.03. The Morgan fingerprint density at radius 3 is 3.08 bits per heavy atom. The highest BCUT2D eigenvalue weighted by atomic mass is 14.6. The van der Waals surface area contributed by atoms with Gasteiger partial charge in [-0.25, -0.2) is 0 Å². The number of fused-ring (bicyclic) bond motifs is 1. The number of nitrogens with zero attached hydrogens (tertiary/aromatic N) is 1. The van der Waals surface area contributed by atoms with Gasteiger partial charge in [0.2, 0.25) is 0 Å². The Balaban J connectivity index is 2.47. The fourth-order valence-electron chi connectivity index (χ4n) is 1.94. The second-order valence-corrected chi connectivity index (χ2v) is 3.56. The third-order valence-electron chi connectivity index (χ3n) is 2.64. The molecule has 1 atom stereocenters. The SMILES string of the molecule is N#Cc1cccc2c1CC[C@H](N)C2. The van der Waals surface area contributed by atoms with Crippen LogP contribution in [-0.4, -0.2) is 6.04 Å². The molecule has 0 aromatic heterocycles. The van der Waals surface area contributed by atoms with Gasteiger partial charge >= 0.3 is 0 Å². The number of hydrogen-bond acceptors (Lipinski definition) is 2. The number of rotatable bonds is 0. The molecule has 0 bridgehead atoms. The smallest absolute Gasteiger partial charge is 0.0994 e. The van der Waals surface area contributed by atoms with Crippen molar-refractivity contribution in [2.45, 2.75) is 25.3 Å². The van der Waals surface area contributed by atoms with Crippen LogP contribution < -0.4 is 5.73 Å². The zero-order valence-corrected chi connectivity index (χ0v) is 7.46. The number of benzene rings is 1. The molecule has 0 fully saturated rings. The van der Waals surface area contributed by atoms with Crippen molar-refractivity contribution in [2.75, 3.05) is 0 Å². The molecule has 1 aromatic rings. The highest BCUT2D eigenvalue weighted by molar-refractivity contribution is 5.44. The predicted molar refractivity (Wildman–Crippen MR) is 51.2 cm³/mol. The van der Waals surface area contributed by atoms with Gasteiger partial charge in [0.05, 0.1) is 11.6 Å². The van der Waals surface area contributed by atoms with Gasteiger partial charge in [-0.3, -0.25) is 0 Å². The zero-order chi connectivity index (χ0) is 9.26. The minimum absolute atomic E-state index is 0.279. The molecule has 66 valence electrons. The van der Waals surface area contributed by atoms with Crippen molar-refractivity contribution in [3.8, 4) is 6.07 Å². The monoisotopic (exact) mass is 172 g/mol. The summed E-state index contributed by atoms with van der Waals surface area (Å²) in [6.07, 6.45) is 2.89. The highest BCUT2D eigenvalue weighted by Gasteiger charge is 2.17. The molecule has 2 heteroatoms. The molecule has 0 saturated carbocycles. The third kappa shape index (κ3) is 1.43. The van der Waals surface area contributed by atoms with Crippen LogP contribution in [0.5, 0.6) is 0 Å². The normalized spacial score (nSPS) is 20.5. The summed E-state index contributed by atoms with van der Waals surface area (Å²) in [6, 6.07) is 8.41. The lowest BCUT2D eigenvalue weighted by Crippen LogP contribution is -2.28. The second-order valence-electron chi connectivity index (χ2n) is 3.56. The van der Waals surface area contributed by atoms with Gasteiger partial charge in [0.15, 0.2) is 0 Å².